The van der Waals surface area contributed by atoms with Crippen molar-refractivity contribution in [1.82, 2.24) is 14.9 Å². The van der Waals surface area contributed by atoms with Gasteiger partial charge in [0.05, 0.1) is 12.1 Å². The average molecular weight is 294 g/mol. The molecule has 1 N–H and O–H groups in total. The zero-order chi connectivity index (χ0) is 14.1. The van der Waals surface area contributed by atoms with Crippen molar-refractivity contribution in [2.75, 3.05) is 20.2 Å². The summed E-state index contributed by atoms with van der Waals surface area (Å²) in [4.78, 5) is 21.0. The van der Waals surface area contributed by atoms with Crippen LogP contribution in [0.1, 0.15) is 24.5 Å². The Labute approximate surface area is 121 Å². The van der Waals surface area contributed by atoms with Crippen molar-refractivity contribution in [2.45, 2.75) is 18.8 Å². The lowest BCUT2D eigenvalue weighted by Crippen LogP contribution is -2.39. The number of pyridine rings is 1. The van der Waals surface area contributed by atoms with E-state index in [4.69, 9.17) is 16.3 Å². The van der Waals surface area contributed by atoms with E-state index in [0.717, 1.165) is 36.1 Å². The van der Waals surface area contributed by atoms with E-state index in [2.05, 4.69) is 9.97 Å². The van der Waals surface area contributed by atoms with Gasteiger partial charge in [-0.2, -0.15) is 0 Å². The summed E-state index contributed by atoms with van der Waals surface area (Å²) in [5.41, 5.74) is 1.87. The second-order valence-electron chi connectivity index (χ2n) is 5.03. The summed E-state index contributed by atoms with van der Waals surface area (Å²) in [5, 5.41) is 1.62. The van der Waals surface area contributed by atoms with Gasteiger partial charge in [0.1, 0.15) is 5.65 Å². The van der Waals surface area contributed by atoms with Crippen LogP contribution in [0.2, 0.25) is 5.02 Å². The van der Waals surface area contributed by atoms with E-state index in [1.807, 2.05) is 6.07 Å². The maximum Gasteiger partial charge on any atom is 0.409 e. The summed E-state index contributed by atoms with van der Waals surface area (Å²) in [6, 6.07) is 3.82. The minimum atomic E-state index is -0.262. The number of piperidine rings is 1. The summed E-state index contributed by atoms with van der Waals surface area (Å²) in [7, 11) is 1.42. The van der Waals surface area contributed by atoms with E-state index in [1.165, 1.54) is 7.11 Å². The molecule has 0 radical (unpaired) electrons. The Kier molecular flexibility index (Phi) is 3.53. The largest absolute Gasteiger partial charge is 0.453 e. The molecule has 5 nitrogen and oxygen atoms in total. The van der Waals surface area contributed by atoms with Crippen LogP contribution in [-0.4, -0.2) is 41.2 Å². The number of ether oxygens (including phenoxy) is 1. The first-order valence-corrected chi connectivity index (χ1v) is 7.03. The Bertz CT molecular complexity index is 640. The molecule has 0 aromatic carbocycles. The van der Waals surface area contributed by atoms with Crippen LogP contribution in [0.4, 0.5) is 4.79 Å². The van der Waals surface area contributed by atoms with Crippen molar-refractivity contribution >= 4 is 28.7 Å². The maximum atomic E-state index is 11.6. The molecule has 0 aliphatic carbocycles. The molecule has 3 rings (SSSR count). The highest BCUT2D eigenvalue weighted by Gasteiger charge is 2.26. The van der Waals surface area contributed by atoms with Gasteiger partial charge in [0.25, 0.3) is 0 Å². The van der Waals surface area contributed by atoms with Crippen molar-refractivity contribution in [2.24, 2.45) is 0 Å². The summed E-state index contributed by atoms with van der Waals surface area (Å²) < 4.78 is 4.80. The van der Waals surface area contributed by atoms with E-state index in [-0.39, 0.29) is 12.0 Å². The molecule has 6 heteroatoms. The van der Waals surface area contributed by atoms with Gasteiger partial charge in [-0.15, -0.1) is 0 Å². The third-order valence-electron chi connectivity index (χ3n) is 3.79. The minimum absolute atomic E-state index is 0.262. The van der Waals surface area contributed by atoms with Crippen LogP contribution in [0.25, 0.3) is 11.0 Å². The fourth-order valence-corrected chi connectivity index (χ4v) is 2.96. The van der Waals surface area contributed by atoms with Crippen LogP contribution >= 0.6 is 11.6 Å². The summed E-state index contributed by atoms with van der Waals surface area (Å²) in [6.07, 6.45) is 3.43. The van der Waals surface area contributed by atoms with Gasteiger partial charge >= 0.3 is 6.09 Å². The van der Waals surface area contributed by atoms with Crippen molar-refractivity contribution in [3.8, 4) is 0 Å². The van der Waals surface area contributed by atoms with Gasteiger partial charge < -0.3 is 14.6 Å². The number of nitrogens with one attached hydrogen (secondary N) is 1. The lowest BCUT2D eigenvalue weighted by Gasteiger charge is -2.31. The van der Waals surface area contributed by atoms with Gasteiger partial charge in [0.15, 0.2) is 0 Å². The van der Waals surface area contributed by atoms with E-state index < -0.39 is 0 Å². The Morgan fingerprint density at radius 2 is 2.45 bits per heavy atom. The molecule has 1 atom stereocenters. The Morgan fingerprint density at radius 3 is 3.20 bits per heavy atom. The lowest BCUT2D eigenvalue weighted by molar-refractivity contribution is 0.110. The third-order valence-corrected chi connectivity index (χ3v) is 4.12. The molecule has 1 unspecified atom stereocenters. The molecule has 0 saturated carbocycles. The minimum Gasteiger partial charge on any atom is -0.453 e. The molecule has 1 saturated heterocycles. The van der Waals surface area contributed by atoms with Gasteiger partial charge in [0, 0.05) is 36.3 Å². The standard InChI is InChI=1S/C14H16ClN3O2/c1-20-14(19)18-6-2-3-9(8-18)12-7-10-11(15)4-5-16-13(10)17-12/h4-5,7,9H,2-3,6,8H2,1H3,(H,16,17). The predicted octanol–water partition coefficient (Wildman–Crippen LogP) is 3.16. The van der Waals surface area contributed by atoms with Crippen molar-refractivity contribution in [3.63, 3.8) is 0 Å². The number of methoxy groups -OCH3 is 1. The number of rotatable bonds is 1. The SMILES string of the molecule is COC(=O)N1CCCC(c2cc3c(Cl)ccnc3[nH]2)C1. The fraction of sp³-hybridized carbons (Fsp3) is 0.429. The molecule has 2 aromatic rings. The summed E-state index contributed by atoms with van der Waals surface area (Å²) >= 11 is 6.17. The number of aromatic amines is 1. The van der Waals surface area contributed by atoms with E-state index in [1.54, 1.807) is 17.2 Å². The highest BCUT2D eigenvalue weighted by atomic mass is 35.5. The molecule has 20 heavy (non-hydrogen) atoms. The smallest absolute Gasteiger partial charge is 0.409 e. The number of hydrogen-bond donors (Lipinski definition) is 1. The highest BCUT2D eigenvalue weighted by molar-refractivity contribution is 6.35. The van der Waals surface area contributed by atoms with Gasteiger partial charge in [0.2, 0.25) is 0 Å². The van der Waals surface area contributed by atoms with Gasteiger partial charge in [-0.05, 0) is 25.0 Å². The molecule has 0 bridgehead atoms. The first-order chi connectivity index (χ1) is 9.69. The molecule has 1 aliphatic heterocycles. The van der Waals surface area contributed by atoms with Crippen molar-refractivity contribution < 1.29 is 9.53 Å². The number of halogens is 1. The molecular weight excluding hydrogens is 278 g/mol. The van der Waals surface area contributed by atoms with Crippen LogP contribution in [0.15, 0.2) is 18.3 Å². The number of fused-ring (bicyclic) bond motifs is 1. The second kappa shape index (κ2) is 5.32. The second-order valence-corrected chi connectivity index (χ2v) is 5.44. The number of hydrogen-bond acceptors (Lipinski definition) is 3. The van der Waals surface area contributed by atoms with Gasteiger partial charge in [-0.1, -0.05) is 11.6 Å². The number of amides is 1. The molecule has 106 valence electrons. The van der Waals surface area contributed by atoms with Crippen LogP contribution < -0.4 is 0 Å². The van der Waals surface area contributed by atoms with Gasteiger partial charge in [-0.3, -0.25) is 0 Å². The fourth-order valence-electron chi connectivity index (χ4n) is 2.76. The summed E-state index contributed by atoms with van der Waals surface area (Å²) in [5.74, 6) is 0.271. The zero-order valence-electron chi connectivity index (χ0n) is 11.2. The van der Waals surface area contributed by atoms with E-state index >= 15 is 0 Å². The first-order valence-electron chi connectivity index (χ1n) is 6.65. The zero-order valence-corrected chi connectivity index (χ0v) is 12.0. The highest BCUT2D eigenvalue weighted by Crippen LogP contribution is 2.30. The Morgan fingerprint density at radius 1 is 1.60 bits per heavy atom. The van der Waals surface area contributed by atoms with Crippen LogP contribution in [0, 0.1) is 0 Å². The van der Waals surface area contributed by atoms with E-state index in [9.17, 15) is 4.79 Å². The van der Waals surface area contributed by atoms with E-state index in [0.29, 0.717) is 11.6 Å². The molecule has 1 aliphatic rings. The van der Waals surface area contributed by atoms with Gasteiger partial charge in [-0.25, -0.2) is 9.78 Å². The lowest BCUT2D eigenvalue weighted by atomic mass is 9.95. The number of nitrogens with zero attached hydrogens (tertiary/aromatic N) is 2. The third kappa shape index (κ3) is 2.33. The number of carbonyl (C=O) groups is 1. The number of likely N-dealkylation sites (tertiary alicyclic amines) is 1. The maximum absolute atomic E-state index is 11.6. The molecule has 0 spiro atoms. The van der Waals surface area contributed by atoms with Crippen LogP contribution in [-0.2, 0) is 4.74 Å². The predicted molar refractivity (Wildman–Crippen MR) is 77.1 cm³/mol. The van der Waals surface area contributed by atoms with Crippen LogP contribution in [0.3, 0.4) is 0 Å². The molecule has 1 amide bonds. The Balaban J connectivity index is 1.87. The monoisotopic (exact) mass is 293 g/mol. The van der Waals surface area contributed by atoms with Crippen LogP contribution in [0.5, 0.6) is 0 Å². The first kappa shape index (κ1) is 13.2. The number of carbonyl (C=O) groups excluding carboxylic acids is 1. The molecule has 2 aromatic heterocycles. The van der Waals surface area contributed by atoms with Crippen molar-refractivity contribution in [1.29, 1.82) is 0 Å². The summed E-state index contributed by atoms with van der Waals surface area (Å²) in [6.45, 7) is 1.42. The normalized spacial score (nSPS) is 19.3. The topological polar surface area (TPSA) is 58.2 Å². The number of H-pyrrole nitrogens is 1. The molecule has 3 heterocycles. The van der Waals surface area contributed by atoms with Crippen molar-refractivity contribution in [3.05, 3.63) is 29.0 Å². The molecule has 1 fully saturated rings. The Hall–Kier alpha value is -1.75. The number of aromatic nitrogens is 2. The molecular formula is C14H16ClN3O2. The average Bonchev–Trinajstić information content (AvgIpc) is 2.92. The quantitative estimate of drug-likeness (QED) is 0.878.